The van der Waals surface area contributed by atoms with Crippen molar-refractivity contribution < 1.29 is 9.84 Å². The van der Waals surface area contributed by atoms with Crippen LogP contribution in [0.2, 0.25) is 0 Å². The maximum Gasteiger partial charge on any atom is 0.118 e. The smallest absolute Gasteiger partial charge is 0.118 e. The molecular formula is C15H22O2. The zero-order valence-electron chi connectivity index (χ0n) is 10.8. The van der Waals surface area contributed by atoms with E-state index in [4.69, 9.17) is 4.74 Å². The van der Waals surface area contributed by atoms with Crippen LogP contribution >= 0.6 is 0 Å². The van der Waals surface area contributed by atoms with Crippen LogP contribution in [0.5, 0.6) is 5.75 Å². The van der Waals surface area contributed by atoms with Crippen LogP contribution in [-0.4, -0.2) is 17.8 Å². The van der Waals surface area contributed by atoms with Crippen LogP contribution in [0.15, 0.2) is 24.3 Å². The fraction of sp³-hybridized carbons (Fsp3) is 0.600. The summed E-state index contributed by atoms with van der Waals surface area (Å²) in [6, 6.07) is 8.16. The highest BCUT2D eigenvalue weighted by molar-refractivity contribution is 5.31. The van der Waals surface area contributed by atoms with E-state index in [1.165, 1.54) is 12.0 Å². The summed E-state index contributed by atoms with van der Waals surface area (Å²) in [6.45, 7) is 2.09. The topological polar surface area (TPSA) is 29.5 Å². The Bertz CT molecular complexity index is 358. The van der Waals surface area contributed by atoms with Gasteiger partial charge < -0.3 is 9.84 Å². The average Bonchev–Trinajstić information content (AvgIpc) is 2.39. The van der Waals surface area contributed by atoms with E-state index in [0.717, 1.165) is 31.4 Å². The number of hydrogen-bond donors (Lipinski definition) is 1. The second-order valence-electron chi connectivity index (χ2n) is 5.03. The molecule has 2 atom stereocenters. The van der Waals surface area contributed by atoms with Crippen molar-refractivity contribution in [3.05, 3.63) is 29.8 Å². The van der Waals surface area contributed by atoms with Crippen LogP contribution in [0.25, 0.3) is 0 Å². The Balaban J connectivity index is 2.23. The summed E-state index contributed by atoms with van der Waals surface area (Å²) in [4.78, 5) is 0. The predicted octanol–water partition coefficient (Wildman–Crippen LogP) is 3.49. The van der Waals surface area contributed by atoms with Crippen LogP contribution in [0.4, 0.5) is 0 Å². The Labute approximate surface area is 104 Å². The fourth-order valence-corrected chi connectivity index (χ4v) is 2.96. The average molecular weight is 234 g/mol. The minimum atomic E-state index is -0.507. The molecule has 1 saturated carbocycles. The highest BCUT2D eigenvalue weighted by Gasteiger charge is 2.37. The van der Waals surface area contributed by atoms with Crippen molar-refractivity contribution in [2.24, 2.45) is 0 Å². The van der Waals surface area contributed by atoms with Gasteiger partial charge in [-0.3, -0.25) is 0 Å². The second-order valence-corrected chi connectivity index (χ2v) is 5.03. The molecule has 2 heteroatoms. The van der Waals surface area contributed by atoms with E-state index in [9.17, 15) is 5.11 Å². The monoisotopic (exact) mass is 234 g/mol. The molecule has 1 N–H and O–H groups in total. The minimum absolute atomic E-state index is 0.284. The van der Waals surface area contributed by atoms with Crippen LogP contribution in [0.1, 0.15) is 50.5 Å². The molecule has 94 valence electrons. The molecular weight excluding hydrogens is 212 g/mol. The van der Waals surface area contributed by atoms with E-state index < -0.39 is 5.60 Å². The molecule has 0 saturated heterocycles. The van der Waals surface area contributed by atoms with Gasteiger partial charge in [-0.25, -0.2) is 0 Å². The Morgan fingerprint density at radius 2 is 2.00 bits per heavy atom. The van der Waals surface area contributed by atoms with Gasteiger partial charge in [0, 0.05) is 5.92 Å². The van der Waals surface area contributed by atoms with Gasteiger partial charge in [0.15, 0.2) is 0 Å². The summed E-state index contributed by atoms with van der Waals surface area (Å²) in [5, 5.41) is 10.7. The van der Waals surface area contributed by atoms with Gasteiger partial charge in [-0.1, -0.05) is 31.9 Å². The molecule has 17 heavy (non-hydrogen) atoms. The lowest BCUT2D eigenvalue weighted by molar-refractivity contribution is -0.0203. The van der Waals surface area contributed by atoms with Crippen molar-refractivity contribution in [2.75, 3.05) is 7.11 Å². The van der Waals surface area contributed by atoms with Gasteiger partial charge in [-0.2, -0.15) is 0 Å². The van der Waals surface area contributed by atoms with E-state index in [1.807, 2.05) is 12.1 Å². The van der Waals surface area contributed by atoms with Crippen molar-refractivity contribution in [1.82, 2.24) is 0 Å². The predicted molar refractivity (Wildman–Crippen MR) is 69.4 cm³/mol. The first kappa shape index (κ1) is 12.4. The third-order valence-corrected chi connectivity index (χ3v) is 4.13. The van der Waals surface area contributed by atoms with Crippen molar-refractivity contribution in [2.45, 2.75) is 50.5 Å². The summed E-state index contributed by atoms with van der Waals surface area (Å²) in [7, 11) is 1.68. The van der Waals surface area contributed by atoms with E-state index >= 15 is 0 Å². The lowest BCUT2D eigenvalue weighted by Crippen LogP contribution is -2.38. The molecule has 2 unspecified atom stereocenters. The largest absolute Gasteiger partial charge is 0.497 e. The Kier molecular flexibility index (Phi) is 3.72. The molecule has 0 amide bonds. The molecule has 0 spiro atoms. The Hall–Kier alpha value is -1.02. The van der Waals surface area contributed by atoms with Crippen molar-refractivity contribution in [3.8, 4) is 5.75 Å². The molecule has 1 fully saturated rings. The van der Waals surface area contributed by atoms with Crippen LogP contribution in [-0.2, 0) is 0 Å². The maximum atomic E-state index is 10.7. The van der Waals surface area contributed by atoms with Gasteiger partial charge in [0.2, 0.25) is 0 Å². The zero-order valence-corrected chi connectivity index (χ0v) is 10.8. The fourth-order valence-electron chi connectivity index (χ4n) is 2.96. The normalized spacial score (nSPS) is 29.0. The van der Waals surface area contributed by atoms with Crippen molar-refractivity contribution in [1.29, 1.82) is 0 Å². The van der Waals surface area contributed by atoms with E-state index in [-0.39, 0.29) is 5.92 Å². The molecule has 1 aliphatic rings. The van der Waals surface area contributed by atoms with Crippen LogP contribution in [0, 0.1) is 0 Å². The molecule has 2 nitrogen and oxygen atoms in total. The van der Waals surface area contributed by atoms with Gasteiger partial charge >= 0.3 is 0 Å². The highest BCUT2D eigenvalue weighted by Crippen LogP contribution is 2.42. The summed E-state index contributed by atoms with van der Waals surface area (Å²) in [5.74, 6) is 1.16. The lowest BCUT2D eigenvalue weighted by Gasteiger charge is -2.39. The molecule has 1 aliphatic carbocycles. The van der Waals surface area contributed by atoms with Gasteiger partial charge in [0.25, 0.3) is 0 Å². The Morgan fingerprint density at radius 1 is 1.29 bits per heavy atom. The number of ether oxygens (including phenoxy) is 1. The maximum absolute atomic E-state index is 10.7. The van der Waals surface area contributed by atoms with E-state index in [0.29, 0.717) is 0 Å². The summed E-state index contributed by atoms with van der Waals surface area (Å²) in [5.41, 5.74) is 0.738. The van der Waals surface area contributed by atoms with E-state index in [2.05, 4.69) is 19.1 Å². The SMILES string of the molecule is CCC1(O)CCCCC1c1ccc(OC)cc1. The molecule has 0 aromatic heterocycles. The third-order valence-electron chi connectivity index (χ3n) is 4.13. The quantitative estimate of drug-likeness (QED) is 0.867. The van der Waals surface area contributed by atoms with Gasteiger partial charge in [-0.15, -0.1) is 0 Å². The van der Waals surface area contributed by atoms with Crippen LogP contribution < -0.4 is 4.74 Å². The molecule has 2 rings (SSSR count). The summed E-state index contributed by atoms with van der Waals surface area (Å²) < 4.78 is 5.17. The van der Waals surface area contributed by atoms with Crippen molar-refractivity contribution >= 4 is 0 Å². The molecule has 0 heterocycles. The van der Waals surface area contributed by atoms with E-state index in [1.54, 1.807) is 7.11 Å². The first-order valence-corrected chi connectivity index (χ1v) is 6.56. The first-order valence-electron chi connectivity index (χ1n) is 6.56. The van der Waals surface area contributed by atoms with Crippen molar-refractivity contribution in [3.63, 3.8) is 0 Å². The number of methoxy groups -OCH3 is 1. The number of benzene rings is 1. The number of aliphatic hydroxyl groups is 1. The number of hydrogen-bond acceptors (Lipinski definition) is 2. The molecule has 0 aliphatic heterocycles. The van der Waals surface area contributed by atoms with Crippen LogP contribution in [0.3, 0.4) is 0 Å². The third kappa shape index (κ3) is 2.47. The van der Waals surface area contributed by atoms with Gasteiger partial charge in [0.05, 0.1) is 12.7 Å². The standard InChI is InChI=1S/C15H22O2/c1-3-15(16)11-5-4-6-14(15)12-7-9-13(17-2)10-8-12/h7-10,14,16H,3-6,11H2,1-2H3. The lowest BCUT2D eigenvalue weighted by atomic mass is 9.71. The summed E-state index contributed by atoms with van der Waals surface area (Å²) in [6.07, 6.45) is 5.23. The number of rotatable bonds is 3. The van der Waals surface area contributed by atoms with Gasteiger partial charge in [-0.05, 0) is 37.0 Å². The molecule has 0 radical (unpaired) electrons. The molecule has 0 bridgehead atoms. The van der Waals surface area contributed by atoms with Gasteiger partial charge in [0.1, 0.15) is 5.75 Å². The zero-order chi connectivity index (χ0) is 12.3. The minimum Gasteiger partial charge on any atom is -0.497 e. The molecule has 1 aromatic rings. The second kappa shape index (κ2) is 5.09. The Morgan fingerprint density at radius 3 is 2.59 bits per heavy atom. The summed E-state index contributed by atoms with van der Waals surface area (Å²) >= 11 is 0. The molecule has 1 aromatic carbocycles. The first-order chi connectivity index (χ1) is 8.19. The highest BCUT2D eigenvalue weighted by atomic mass is 16.5.